The fraction of sp³-hybridized carbons (Fsp3) is 0.286. The van der Waals surface area contributed by atoms with Gasteiger partial charge in [0.25, 0.3) is 5.91 Å². The molecule has 3 N–H and O–H groups in total. The minimum Gasteiger partial charge on any atom is -0.397 e. The number of nitrogens with one attached hydrogen (secondary N) is 1. The van der Waals surface area contributed by atoms with E-state index in [0.29, 0.717) is 17.0 Å². The number of anilines is 1. The Balaban J connectivity index is 2.27. The molecule has 0 spiro atoms. The van der Waals surface area contributed by atoms with Crippen LogP contribution < -0.4 is 11.1 Å². The van der Waals surface area contributed by atoms with Gasteiger partial charge in [-0.25, -0.2) is 4.98 Å². The number of thiophene rings is 1. The van der Waals surface area contributed by atoms with E-state index in [1.165, 1.54) is 11.3 Å². The lowest BCUT2D eigenvalue weighted by molar-refractivity contribution is 0.0941. The van der Waals surface area contributed by atoms with Crippen LogP contribution in [0.1, 0.15) is 29.4 Å². The molecule has 0 aromatic carbocycles. The average Bonchev–Trinajstić information content (AvgIpc) is 2.76. The summed E-state index contributed by atoms with van der Waals surface area (Å²) in [5.41, 5.74) is 6.49. The highest BCUT2D eigenvalue weighted by Crippen LogP contribution is 2.31. The molecule has 0 saturated carbocycles. The smallest absolute Gasteiger partial charge is 0.263 e. The highest BCUT2D eigenvalue weighted by atomic mass is 32.1. The van der Waals surface area contributed by atoms with Crippen LogP contribution in [0.4, 0.5) is 5.69 Å². The lowest BCUT2D eigenvalue weighted by atomic mass is 10.1. The summed E-state index contributed by atoms with van der Waals surface area (Å²) in [6, 6.07) is 3.65. The summed E-state index contributed by atoms with van der Waals surface area (Å²) in [5, 5.41) is 3.73. The maximum absolute atomic E-state index is 12.2. The van der Waals surface area contributed by atoms with Crippen molar-refractivity contribution in [2.24, 2.45) is 0 Å². The number of aromatic nitrogens is 1. The van der Waals surface area contributed by atoms with Crippen molar-refractivity contribution in [3.05, 3.63) is 23.2 Å². The molecule has 0 fully saturated rings. The van der Waals surface area contributed by atoms with Gasteiger partial charge in [-0.3, -0.25) is 4.79 Å². The second-order valence-corrected chi connectivity index (χ2v) is 5.19. The fourth-order valence-electron chi connectivity index (χ4n) is 1.81. The minimum atomic E-state index is -0.178. The second-order valence-electron chi connectivity index (χ2n) is 4.19. The molecule has 0 saturated heterocycles. The first-order valence-electron chi connectivity index (χ1n) is 6.04. The standard InChI is InChI=1S/C14H15N3OS/c1-3-6-9(4-2)17-13(18)12-11(15)10-7-5-8-16-14(10)19-12/h1,5,7-9H,4,6,15H2,2H3,(H,17,18). The topological polar surface area (TPSA) is 68.0 Å². The number of carbonyl (C=O) groups excluding carboxylic acids is 1. The van der Waals surface area contributed by atoms with Crippen LogP contribution in [0.25, 0.3) is 10.2 Å². The van der Waals surface area contributed by atoms with E-state index in [4.69, 9.17) is 12.2 Å². The zero-order chi connectivity index (χ0) is 13.8. The largest absolute Gasteiger partial charge is 0.397 e. The van der Waals surface area contributed by atoms with Gasteiger partial charge in [0.1, 0.15) is 9.71 Å². The van der Waals surface area contributed by atoms with Crippen LogP contribution in [0.3, 0.4) is 0 Å². The normalized spacial score (nSPS) is 12.0. The Morgan fingerprint density at radius 3 is 3.11 bits per heavy atom. The predicted octanol–water partition coefficient (Wildman–Crippen LogP) is 2.41. The highest BCUT2D eigenvalue weighted by molar-refractivity contribution is 7.21. The highest BCUT2D eigenvalue weighted by Gasteiger charge is 2.18. The van der Waals surface area contributed by atoms with Crippen molar-refractivity contribution in [2.45, 2.75) is 25.8 Å². The van der Waals surface area contributed by atoms with Gasteiger partial charge in [-0.05, 0) is 18.6 Å². The number of rotatable bonds is 4. The van der Waals surface area contributed by atoms with Crippen LogP contribution in [-0.4, -0.2) is 16.9 Å². The number of fused-ring (bicyclic) bond motifs is 1. The summed E-state index contributed by atoms with van der Waals surface area (Å²) < 4.78 is 0. The van der Waals surface area contributed by atoms with Crippen molar-refractivity contribution < 1.29 is 4.79 Å². The van der Waals surface area contributed by atoms with Gasteiger partial charge in [-0.2, -0.15) is 0 Å². The fourth-order valence-corrected chi connectivity index (χ4v) is 2.78. The Morgan fingerprint density at radius 2 is 2.47 bits per heavy atom. The molecule has 2 aromatic rings. The average molecular weight is 273 g/mol. The molecule has 0 aliphatic rings. The maximum atomic E-state index is 12.2. The molecular formula is C14H15N3OS. The molecule has 2 aromatic heterocycles. The third-order valence-electron chi connectivity index (χ3n) is 2.90. The van der Waals surface area contributed by atoms with E-state index in [-0.39, 0.29) is 11.9 Å². The predicted molar refractivity (Wildman–Crippen MR) is 79.0 cm³/mol. The van der Waals surface area contributed by atoms with Crippen molar-refractivity contribution in [1.29, 1.82) is 0 Å². The van der Waals surface area contributed by atoms with Crippen LogP contribution in [0, 0.1) is 12.3 Å². The van der Waals surface area contributed by atoms with E-state index in [1.54, 1.807) is 12.3 Å². The number of amides is 1. The molecule has 2 heterocycles. The lowest BCUT2D eigenvalue weighted by Gasteiger charge is -2.13. The molecule has 1 atom stereocenters. The third kappa shape index (κ3) is 2.69. The van der Waals surface area contributed by atoms with Gasteiger partial charge in [0.05, 0.1) is 5.69 Å². The van der Waals surface area contributed by atoms with Crippen molar-refractivity contribution in [3.63, 3.8) is 0 Å². The molecule has 2 rings (SSSR count). The summed E-state index contributed by atoms with van der Waals surface area (Å²) in [7, 11) is 0. The number of terminal acetylenes is 1. The minimum absolute atomic E-state index is 0.0185. The summed E-state index contributed by atoms with van der Waals surface area (Å²) >= 11 is 1.30. The Labute approximate surface area is 116 Å². The monoisotopic (exact) mass is 273 g/mol. The molecule has 0 radical (unpaired) electrons. The van der Waals surface area contributed by atoms with Gasteiger partial charge in [-0.15, -0.1) is 23.7 Å². The van der Waals surface area contributed by atoms with E-state index < -0.39 is 0 Å². The molecule has 1 amide bonds. The van der Waals surface area contributed by atoms with Crippen LogP contribution in [0.5, 0.6) is 0 Å². The molecule has 0 bridgehead atoms. The van der Waals surface area contributed by atoms with E-state index in [0.717, 1.165) is 16.6 Å². The zero-order valence-corrected chi connectivity index (χ0v) is 11.5. The molecule has 5 heteroatoms. The van der Waals surface area contributed by atoms with Crippen LogP contribution in [0.15, 0.2) is 18.3 Å². The van der Waals surface area contributed by atoms with Gasteiger partial charge in [0.2, 0.25) is 0 Å². The molecule has 1 unspecified atom stereocenters. The number of hydrogen-bond acceptors (Lipinski definition) is 4. The number of carbonyl (C=O) groups is 1. The summed E-state index contributed by atoms with van der Waals surface area (Å²) in [4.78, 5) is 17.7. The lowest BCUT2D eigenvalue weighted by Crippen LogP contribution is -2.33. The van der Waals surface area contributed by atoms with Gasteiger partial charge < -0.3 is 11.1 Å². The van der Waals surface area contributed by atoms with E-state index in [1.807, 2.05) is 13.0 Å². The van der Waals surface area contributed by atoms with Gasteiger partial charge in [-0.1, -0.05) is 6.92 Å². The van der Waals surface area contributed by atoms with Crippen molar-refractivity contribution >= 4 is 33.1 Å². The second kappa shape index (κ2) is 5.72. The Hall–Kier alpha value is -2.06. The van der Waals surface area contributed by atoms with E-state index in [2.05, 4.69) is 16.2 Å². The first-order valence-corrected chi connectivity index (χ1v) is 6.86. The molecule has 98 valence electrons. The van der Waals surface area contributed by atoms with Crippen molar-refractivity contribution in [1.82, 2.24) is 10.3 Å². The van der Waals surface area contributed by atoms with Gasteiger partial charge in [0.15, 0.2) is 0 Å². The quantitative estimate of drug-likeness (QED) is 0.841. The van der Waals surface area contributed by atoms with Crippen LogP contribution in [-0.2, 0) is 0 Å². The van der Waals surface area contributed by atoms with E-state index in [9.17, 15) is 4.79 Å². The van der Waals surface area contributed by atoms with E-state index >= 15 is 0 Å². The Bertz CT molecular complexity index is 642. The van der Waals surface area contributed by atoms with Crippen LogP contribution >= 0.6 is 11.3 Å². The summed E-state index contributed by atoms with van der Waals surface area (Å²) in [6.45, 7) is 1.98. The number of nitrogen functional groups attached to an aromatic ring is 1. The zero-order valence-electron chi connectivity index (χ0n) is 10.6. The Morgan fingerprint density at radius 1 is 1.68 bits per heavy atom. The molecular weight excluding hydrogens is 258 g/mol. The van der Waals surface area contributed by atoms with Crippen molar-refractivity contribution in [3.8, 4) is 12.3 Å². The first-order chi connectivity index (χ1) is 9.17. The van der Waals surface area contributed by atoms with Gasteiger partial charge >= 0.3 is 0 Å². The SMILES string of the molecule is C#CCC(CC)NC(=O)c1sc2ncccc2c1N. The number of hydrogen-bond donors (Lipinski definition) is 2. The maximum Gasteiger partial charge on any atom is 0.263 e. The third-order valence-corrected chi connectivity index (χ3v) is 4.03. The van der Waals surface area contributed by atoms with Gasteiger partial charge in [0, 0.05) is 24.0 Å². The number of pyridine rings is 1. The van der Waals surface area contributed by atoms with Crippen molar-refractivity contribution in [2.75, 3.05) is 5.73 Å². The molecule has 19 heavy (non-hydrogen) atoms. The number of nitrogens with zero attached hydrogens (tertiary/aromatic N) is 1. The summed E-state index contributed by atoms with van der Waals surface area (Å²) in [5.74, 6) is 2.38. The molecule has 0 aliphatic heterocycles. The van der Waals surface area contributed by atoms with Crippen LogP contribution in [0.2, 0.25) is 0 Å². The number of nitrogens with two attached hydrogens (primary N) is 1. The Kier molecular flexibility index (Phi) is 4.03. The summed E-state index contributed by atoms with van der Waals surface area (Å²) in [6.07, 6.45) is 8.27. The first kappa shape index (κ1) is 13.4. The molecule has 0 aliphatic carbocycles. The molecule has 4 nitrogen and oxygen atoms in total.